The van der Waals surface area contributed by atoms with Crippen LogP contribution in [-0.2, 0) is 33.3 Å². The molecule has 48 heavy (non-hydrogen) atoms. The van der Waals surface area contributed by atoms with Gasteiger partial charge in [0.1, 0.15) is 30.5 Å². The molecule has 0 aromatic heterocycles. The summed E-state index contributed by atoms with van der Waals surface area (Å²) in [6.07, 6.45) is 6.98. The molecule has 15 nitrogen and oxygen atoms in total. The number of unbranched alkanes of at least 4 members (excludes halogenated alkanes) is 12. The van der Waals surface area contributed by atoms with E-state index >= 15 is 0 Å². The maximum absolute atomic E-state index is 12.2. The van der Waals surface area contributed by atoms with Crippen LogP contribution < -0.4 is 10.6 Å². The van der Waals surface area contributed by atoms with Crippen molar-refractivity contribution in [1.82, 2.24) is 10.6 Å². The zero-order valence-corrected chi connectivity index (χ0v) is 28.9. The second-order valence-electron chi connectivity index (χ2n) is 12.4. The summed E-state index contributed by atoms with van der Waals surface area (Å²) >= 11 is 0. The van der Waals surface area contributed by atoms with Crippen LogP contribution in [0.1, 0.15) is 104 Å². The third-order valence-electron chi connectivity index (χ3n) is 8.32. The van der Waals surface area contributed by atoms with Crippen LogP contribution in [0.25, 0.3) is 0 Å². The molecule has 1 fully saturated rings. The summed E-state index contributed by atoms with van der Waals surface area (Å²) in [5.74, 6) is -5.44. The van der Waals surface area contributed by atoms with Crippen LogP contribution in [0.4, 0.5) is 0 Å². The van der Waals surface area contributed by atoms with Gasteiger partial charge in [-0.25, -0.2) is 4.79 Å². The number of aliphatic carboxylic acids is 1. The van der Waals surface area contributed by atoms with Crippen molar-refractivity contribution in [1.29, 1.82) is 0 Å². The van der Waals surface area contributed by atoms with Crippen molar-refractivity contribution < 1.29 is 64.0 Å². The molecule has 1 heterocycles. The number of aliphatic hydroxyl groups is 5. The highest BCUT2D eigenvalue weighted by Gasteiger charge is 2.62. The minimum atomic E-state index is -2.89. The van der Waals surface area contributed by atoms with Gasteiger partial charge in [0.05, 0.1) is 45.7 Å². The van der Waals surface area contributed by atoms with Crippen LogP contribution in [0.5, 0.6) is 0 Å². The van der Waals surface area contributed by atoms with Gasteiger partial charge in [0.15, 0.2) is 0 Å². The molecule has 0 aromatic carbocycles. The number of carboxylic acids is 1. The second-order valence-corrected chi connectivity index (χ2v) is 12.4. The summed E-state index contributed by atoms with van der Waals surface area (Å²) < 4.78 is 21.5. The van der Waals surface area contributed by atoms with E-state index in [9.17, 15) is 45.0 Å². The van der Waals surface area contributed by atoms with Crippen molar-refractivity contribution >= 4 is 17.8 Å². The predicted octanol–water partition coefficient (Wildman–Crippen LogP) is 0.754. The van der Waals surface area contributed by atoms with Gasteiger partial charge in [-0.3, -0.25) is 9.59 Å². The summed E-state index contributed by atoms with van der Waals surface area (Å²) in [5, 5.41) is 65.7. The maximum atomic E-state index is 12.2. The van der Waals surface area contributed by atoms with Crippen molar-refractivity contribution in [2.24, 2.45) is 0 Å². The van der Waals surface area contributed by atoms with Crippen molar-refractivity contribution in [3.8, 4) is 0 Å². The standard InChI is InChI=1S/C33H62N2O13/c1-3-4-5-6-7-8-9-10-11-12-13-14-15-16-26(39)34-17-18-45-19-20-46-21-22-47-33(32(43)44)31(42)29(41)27(35-24(2)37)30(48-33)28(40)25(38)23-36/h25,27-31,36,38,40-42H,3-23H2,1-2H3,(H,34,39)(H,35,37)(H,43,44)/t25-,27+,28-,29+,30-,31-,33+/m1/s1. The normalized spacial score (nSPS) is 23.8. The Morgan fingerprint density at radius 3 is 1.85 bits per heavy atom. The van der Waals surface area contributed by atoms with Gasteiger partial charge in [0.2, 0.25) is 11.8 Å². The van der Waals surface area contributed by atoms with Crippen LogP contribution in [0.2, 0.25) is 0 Å². The molecular weight excluding hydrogens is 632 g/mol. The summed E-state index contributed by atoms with van der Waals surface area (Å²) in [7, 11) is 0. The van der Waals surface area contributed by atoms with Crippen LogP contribution in [-0.4, -0.2) is 137 Å². The molecular formula is C33H62N2O13. The molecule has 0 unspecified atom stereocenters. The van der Waals surface area contributed by atoms with Gasteiger partial charge >= 0.3 is 5.97 Å². The zero-order chi connectivity index (χ0) is 35.8. The van der Waals surface area contributed by atoms with E-state index in [-0.39, 0.29) is 32.3 Å². The molecule has 0 bridgehead atoms. The number of nitrogens with one attached hydrogen (secondary N) is 2. The largest absolute Gasteiger partial charge is 0.477 e. The first-order valence-corrected chi connectivity index (χ1v) is 17.6. The quantitative estimate of drug-likeness (QED) is 0.0506. The lowest BCUT2D eigenvalue weighted by Gasteiger charge is -2.49. The Labute approximate surface area is 284 Å². The topological polar surface area (TPSA) is 234 Å². The van der Waals surface area contributed by atoms with E-state index in [1.165, 1.54) is 64.2 Å². The number of carboxylic acid groups (broad SMARTS) is 1. The highest BCUT2D eigenvalue weighted by atomic mass is 16.7. The first-order chi connectivity index (χ1) is 23.0. The van der Waals surface area contributed by atoms with E-state index in [1.54, 1.807) is 0 Å². The molecule has 0 aromatic rings. The van der Waals surface area contributed by atoms with Gasteiger partial charge in [-0.1, -0.05) is 84.0 Å². The van der Waals surface area contributed by atoms with E-state index < -0.39 is 67.4 Å². The Morgan fingerprint density at radius 2 is 1.33 bits per heavy atom. The fraction of sp³-hybridized carbons (Fsp3) is 0.909. The van der Waals surface area contributed by atoms with Gasteiger partial charge in [-0.05, 0) is 6.42 Å². The smallest absolute Gasteiger partial charge is 0.367 e. The van der Waals surface area contributed by atoms with Gasteiger partial charge < -0.3 is 60.2 Å². The van der Waals surface area contributed by atoms with Crippen LogP contribution in [0.3, 0.4) is 0 Å². The molecule has 1 aliphatic heterocycles. The molecule has 1 saturated heterocycles. The molecule has 0 saturated carbocycles. The number of amides is 2. The van der Waals surface area contributed by atoms with Crippen LogP contribution >= 0.6 is 0 Å². The van der Waals surface area contributed by atoms with E-state index in [1.807, 2.05) is 0 Å². The lowest BCUT2D eigenvalue weighted by molar-refractivity contribution is -0.348. The summed E-state index contributed by atoms with van der Waals surface area (Å²) in [6, 6.07) is -1.54. The van der Waals surface area contributed by atoms with E-state index in [0.29, 0.717) is 13.0 Å². The van der Waals surface area contributed by atoms with Crippen LogP contribution in [0.15, 0.2) is 0 Å². The highest BCUT2D eigenvalue weighted by molar-refractivity contribution is 5.77. The molecule has 8 N–H and O–H groups in total. The van der Waals surface area contributed by atoms with Gasteiger partial charge in [-0.15, -0.1) is 0 Å². The number of ether oxygens (including phenoxy) is 4. The third kappa shape index (κ3) is 16.6. The van der Waals surface area contributed by atoms with Gasteiger partial charge in [0, 0.05) is 19.9 Å². The number of aliphatic hydroxyl groups excluding tert-OH is 5. The van der Waals surface area contributed by atoms with Crippen LogP contribution in [0, 0.1) is 0 Å². The molecule has 2 amide bonds. The van der Waals surface area contributed by atoms with Crippen molar-refractivity contribution in [3.05, 3.63) is 0 Å². The lowest BCUT2D eigenvalue weighted by atomic mass is 9.86. The zero-order valence-electron chi connectivity index (χ0n) is 28.9. The molecule has 0 radical (unpaired) electrons. The molecule has 1 rings (SSSR count). The Kier molecular flexibility index (Phi) is 23.8. The van der Waals surface area contributed by atoms with Gasteiger partial charge in [-0.2, -0.15) is 0 Å². The number of hydrogen-bond donors (Lipinski definition) is 8. The molecule has 282 valence electrons. The molecule has 15 heteroatoms. The monoisotopic (exact) mass is 694 g/mol. The number of carbonyl (C=O) groups excluding carboxylic acids is 2. The first kappa shape index (κ1) is 44.1. The summed E-state index contributed by atoms with van der Waals surface area (Å²) in [5.41, 5.74) is 0. The minimum absolute atomic E-state index is 0.0105. The summed E-state index contributed by atoms with van der Waals surface area (Å²) in [4.78, 5) is 35.8. The van der Waals surface area contributed by atoms with Crippen molar-refractivity contribution in [2.75, 3.05) is 46.2 Å². The minimum Gasteiger partial charge on any atom is -0.477 e. The molecule has 0 aliphatic carbocycles. The lowest BCUT2D eigenvalue weighted by Crippen LogP contribution is -2.74. The van der Waals surface area contributed by atoms with E-state index in [2.05, 4.69) is 17.6 Å². The summed E-state index contributed by atoms with van der Waals surface area (Å²) in [6.45, 7) is 2.72. The third-order valence-corrected chi connectivity index (χ3v) is 8.32. The van der Waals surface area contributed by atoms with Gasteiger partial charge in [0.25, 0.3) is 5.79 Å². The Balaban J connectivity index is 2.21. The van der Waals surface area contributed by atoms with E-state index in [4.69, 9.17) is 18.9 Å². The second kappa shape index (κ2) is 25.9. The number of rotatable bonds is 29. The maximum Gasteiger partial charge on any atom is 0.367 e. The highest BCUT2D eigenvalue weighted by Crippen LogP contribution is 2.34. The number of hydrogen-bond acceptors (Lipinski definition) is 12. The fourth-order valence-electron chi connectivity index (χ4n) is 5.56. The number of carbonyl (C=O) groups is 3. The average molecular weight is 695 g/mol. The molecule has 1 aliphatic rings. The first-order valence-electron chi connectivity index (χ1n) is 17.6. The predicted molar refractivity (Wildman–Crippen MR) is 175 cm³/mol. The Hall–Kier alpha value is -1.95. The SMILES string of the molecule is CCCCCCCCCCCCCCCC(=O)NCCOCCOCCO[C@]1(C(=O)O)O[C@@H]([C@H](O)[C@H](O)CO)[C@@H](NC(C)=O)[C@H](O)[C@H]1O. The van der Waals surface area contributed by atoms with E-state index in [0.717, 1.165) is 26.2 Å². The molecule has 7 atom stereocenters. The fourth-order valence-corrected chi connectivity index (χ4v) is 5.56. The average Bonchev–Trinajstić information content (AvgIpc) is 3.06. The Bertz CT molecular complexity index is 882. The van der Waals surface area contributed by atoms with Crippen molar-refractivity contribution in [2.45, 2.75) is 146 Å². The molecule has 0 spiro atoms. The van der Waals surface area contributed by atoms with Crippen molar-refractivity contribution in [3.63, 3.8) is 0 Å². The Morgan fingerprint density at radius 1 is 0.812 bits per heavy atom.